The first kappa shape index (κ1) is 27.3. The van der Waals surface area contributed by atoms with Crippen molar-refractivity contribution in [1.29, 1.82) is 0 Å². The lowest BCUT2D eigenvalue weighted by molar-refractivity contribution is -0.134. The van der Waals surface area contributed by atoms with Crippen LogP contribution in [-0.4, -0.2) is 79.2 Å². The number of carbonyl (C=O) groups excluding carboxylic acids is 3. The van der Waals surface area contributed by atoms with Gasteiger partial charge in [0.05, 0.1) is 11.6 Å². The Bertz CT molecular complexity index is 981. The Labute approximate surface area is 218 Å². The van der Waals surface area contributed by atoms with E-state index in [-0.39, 0.29) is 24.1 Å². The fourth-order valence-electron chi connectivity index (χ4n) is 5.35. The number of carbonyl (C=O) groups is 3. The average molecular weight is 518 g/mol. The predicted octanol–water partition coefficient (Wildman–Crippen LogP) is 3.01. The second-order valence-electron chi connectivity index (χ2n) is 11.4. The van der Waals surface area contributed by atoms with Crippen molar-refractivity contribution >= 4 is 23.6 Å². The third-order valence-corrected chi connectivity index (χ3v) is 7.44. The van der Waals surface area contributed by atoms with E-state index in [0.717, 1.165) is 65.1 Å². The molecule has 3 aliphatic rings. The number of amides is 3. The summed E-state index contributed by atoms with van der Waals surface area (Å²) in [5.74, 6) is -0.772. The maximum atomic E-state index is 15.0. The van der Waals surface area contributed by atoms with E-state index < -0.39 is 17.6 Å². The van der Waals surface area contributed by atoms with Crippen LogP contribution in [0.15, 0.2) is 18.2 Å². The highest BCUT2D eigenvalue weighted by Crippen LogP contribution is 2.29. The van der Waals surface area contributed by atoms with Gasteiger partial charge in [0.2, 0.25) is 11.8 Å². The first-order valence-electron chi connectivity index (χ1n) is 13.4. The molecule has 1 atom stereocenters. The Kier molecular flexibility index (Phi) is 8.69. The number of piperidine rings is 2. The van der Waals surface area contributed by atoms with Crippen LogP contribution in [0.25, 0.3) is 0 Å². The normalized spacial score (nSPS) is 22.6. The summed E-state index contributed by atoms with van der Waals surface area (Å²) >= 11 is 0. The molecule has 0 bridgehead atoms. The van der Waals surface area contributed by atoms with Gasteiger partial charge in [-0.15, -0.1) is 0 Å². The van der Waals surface area contributed by atoms with Gasteiger partial charge in [-0.25, -0.2) is 14.2 Å². The van der Waals surface area contributed by atoms with E-state index in [9.17, 15) is 18.8 Å². The van der Waals surface area contributed by atoms with Crippen LogP contribution in [0.3, 0.4) is 0 Å². The number of rotatable bonds is 6. The van der Waals surface area contributed by atoms with Gasteiger partial charge in [0, 0.05) is 45.7 Å². The van der Waals surface area contributed by atoms with Crippen LogP contribution in [0.5, 0.6) is 0 Å². The van der Waals surface area contributed by atoms with Crippen LogP contribution >= 0.6 is 0 Å². The zero-order chi connectivity index (χ0) is 26.6. The van der Waals surface area contributed by atoms with Gasteiger partial charge in [-0.05, 0) is 76.6 Å². The van der Waals surface area contributed by atoms with Crippen molar-refractivity contribution in [2.75, 3.05) is 50.7 Å². The van der Waals surface area contributed by atoms with Crippen LogP contribution in [-0.2, 0) is 14.3 Å². The van der Waals surface area contributed by atoms with Gasteiger partial charge in [-0.2, -0.15) is 0 Å². The summed E-state index contributed by atoms with van der Waals surface area (Å²) in [4.78, 5) is 40.0. The topological polar surface area (TPSA) is 94.2 Å². The van der Waals surface area contributed by atoms with E-state index >= 15 is 0 Å². The monoisotopic (exact) mass is 517 g/mol. The molecule has 9 nitrogen and oxygen atoms in total. The molecule has 3 heterocycles. The van der Waals surface area contributed by atoms with Crippen molar-refractivity contribution in [1.82, 2.24) is 20.7 Å². The smallest absolute Gasteiger partial charge is 0.422 e. The molecule has 1 aromatic carbocycles. The molecule has 3 amide bonds. The van der Waals surface area contributed by atoms with E-state index in [2.05, 4.69) is 20.5 Å². The van der Waals surface area contributed by atoms with Crippen LogP contribution in [0.1, 0.15) is 64.4 Å². The fraction of sp³-hybridized carbons (Fsp3) is 0.667. The number of imide groups is 1. The third-order valence-electron chi connectivity index (χ3n) is 7.44. The largest absolute Gasteiger partial charge is 0.443 e. The minimum absolute atomic E-state index is 0.267. The molecule has 0 radical (unpaired) electrons. The number of piperazine rings is 1. The number of hydrogen-bond acceptors (Lipinski definition) is 7. The number of nitrogens with one attached hydrogen (secondary N) is 2. The summed E-state index contributed by atoms with van der Waals surface area (Å²) in [5, 5.41) is 4.29. The Balaban J connectivity index is 1.17. The number of ether oxygens (including phenoxy) is 1. The molecule has 204 valence electrons. The van der Waals surface area contributed by atoms with Gasteiger partial charge >= 0.3 is 6.09 Å². The minimum atomic E-state index is -0.503. The maximum Gasteiger partial charge on any atom is 0.422 e. The third kappa shape index (κ3) is 7.64. The summed E-state index contributed by atoms with van der Waals surface area (Å²) in [6.45, 7) is 11.5. The second kappa shape index (κ2) is 11.8. The lowest BCUT2D eigenvalue weighted by atomic mass is 9.90. The van der Waals surface area contributed by atoms with Gasteiger partial charge < -0.3 is 9.64 Å². The molecule has 0 spiro atoms. The quantitative estimate of drug-likeness (QED) is 0.561. The number of hydrogen-bond donors (Lipinski definition) is 2. The molecule has 10 heteroatoms. The second-order valence-corrected chi connectivity index (χ2v) is 11.4. The van der Waals surface area contributed by atoms with Gasteiger partial charge in [0.15, 0.2) is 0 Å². The highest BCUT2D eigenvalue weighted by Gasteiger charge is 2.29. The molecule has 37 heavy (non-hydrogen) atoms. The molecule has 0 aromatic heterocycles. The fourth-order valence-corrected chi connectivity index (χ4v) is 5.35. The zero-order valence-electron chi connectivity index (χ0n) is 22.2. The van der Waals surface area contributed by atoms with E-state index in [1.807, 2.05) is 31.8 Å². The summed E-state index contributed by atoms with van der Waals surface area (Å²) in [7, 11) is 0. The van der Waals surface area contributed by atoms with Gasteiger partial charge in [0.1, 0.15) is 11.4 Å². The maximum absolute atomic E-state index is 15.0. The van der Waals surface area contributed by atoms with Crippen LogP contribution < -0.4 is 15.6 Å². The van der Waals surface area contributed by atoms with Crippen molar-refractivity contribution in [2.24, 2.45) is 5.92 Å². The lowest BCUT2D eigenvalue weighted by Gasteiger charge is -2.38. The molecule has 4 rings (SSSR count). The predicted molar refractivity (Wildman–Crippen MR) is 138 cm³/mol. The average Bonchev–Trinajstić information content (AvgIpc) is 2.83. The summed E-state index contributed by atoms with van der Waals surface area (Å²) < 4.78 is 20.3. The van der Waals surface area contributed by atoms with Crippen molar-refractivity contribution in [3.05, 3.63) is 29.6 Å². The van der Waals surface area contributed by atoms with Crippen molar-refractivity contribution in [2.45, 2.75) is 64.4 Å². The molecule has 1 aromatic rings. The molecule has 0 aliphatic carbocycles. The van der Waals surface area contributed by atoms with E-state index in [4.69, 9.17) is 4.74 Å². The molecular formula is C27H40FN5O4. The molecule has 3 saturated heterocycles. The Morgan fingerprint density at radius 2 is 1.78 bits per heavy atom. The molecule has 3 fully saturated rings. The lowest BCUT2D eigenvalue weighted by Crippen LogP contribution is -2.49. The summed E-state index contributed by atoms with van der Waals surface area (Å²) in [6, 6.07) is 5.03. The number of nitrogens with zero attached hydrogens (tertiary/aromatic N) is 3. The van der Waals surface area contributed by atoms with Crippen molar-refractivity contribution in [3.63, 3.8) is 0 Å². The standard InChI is InChI=1S/C27H40FN5O4/c1-27(2,3)37-26(36)30-33-12-9-19(10-13-33)8-11-31-14-16-32(17-15-31)23-6-4-20(18-22(23)28)21-5-7-24(34)29-25(21)35/h4,6,18-19,21H,5,7-17H2,1-3H3,(H,30,36)(H,29,34,35). The van der Waals surface area contributed by atoms with Crippen LogP contribution in [0, 0.1) is 11.7 Å². The SMILES string of the molecule is CC(C)(C)OC(=O)NN1CCC(CCN2CCN(c3ccc(C4CCC(=O)NC4=O)cc3F)CC2)CC1. The molecule has 0 saturated carbocycles. The highest BCUT2D eigenvalue weighted by atomic mass is 19.1. The number of halogens is 1. The number of hydrazine groups is 1. The van der Waals surface area contributed by atoms with E-state index in [1.54, 1.807) is 6.07 Å². The van der Waals surface area contributed by atoms with Gasteiger partial charge in [0.25, 0.3) is 0 Å². The summed E-state index contributed by atoms with van der Waals surface area (Å²) in [6.07, 6.45) is 3.51. The zero-order valence-corrected chi connectivity index (χ0v) is 22.2. The summed E-state index contributed by atoms with van der Waals surface area (Å²) in [5.41, 5.74) is 3.53. The molecular weight excluding hydrogens is 477 g/mol. The van der Waals surface area contributed by atoms with E-state index in [1.165, 1.54) is 6.07 Å². The Hall–Kier alpha value is -2.72. The number of benzene rings is 1. The molecule has 3 aliphatic heterocycles. The Morgan fingerprint density at radius 1 is 1.08 bits per heavy atom. The highest BCUT2D eigenvalue weighted by molar-refractivity contribution is 6.00. The van der Waals surface area contributed by atoms with Gasteiger partial charge in [-0.1, -0.05) is 6.07 Å². The van der Waals surface area contributed by atoms with Crippen LogP contribution in [0.4, 0.5) is 14.9 Å². The van der Waals surface area contributed by atoms with Crippen molar-refractivity contribution < 1.29 is 23.5 Å². The van der Waals surface area contributed by atoms with E-state index in [0.29, 0.717) is 23.6 Å². The molecule has 1 unspecified atom stereocenters. The van der Waals surface area contributed by atoms with Crippen LogP contribution in [0.2, 0.25) is 0 Å². The number of anilines is 1. The van der Waals surface area contributed by atoms with Crippen molar-refractivity contribution in [3.8, 4) is 0 Å². The Morgan fingerprint density at radius 3 is 2.41 bits per heavy atom. The first-order valence-corrected chi connectivity index (χ1v) is 13.4. The minimum Gasteiger partial charge on any atom is -0.443 e. The molecule has 2 N–H and O–H groups in total. The van der Waals surface area contributed by atoms with Gasteiger partial charge in [-0.3, -0.25) is 25.2 Å². The first-order chi connectivity index (χ1) is 17.6.